The number of nitrogens with two attached hydrogens (primary N) is 1. The largest absolute Gasteiger partial charge is 0.493 e. The number of hydrogen-bond acceptors (Lipinski definition) is 2. The predicted octanol–water partition coefficient (Wildman–Crippen LogP) is 2.79. The third-order valence-corrected chi connectivity index (χ3v) is 1.85. The second-order valence-electron chi connectivity index (χ2n) is 3.89. The van der Waals surface area contributed by atoms with Crippen LogP contribution in [0.4, 0.5) is 10.1 Å². The lowest BCUT2D eigenvalue weighted by molar-refractivity contribution is 0.161. The zero-order chi connectivity index (χ0) is 10.6. The molecule has 14 heavy (non-hydrogen) atoms. The van der Waals surface area contributed by atoms with Crippen LogP contribution in [-0.4, -0.2) is 12.3 Å². The molecule has 0 heterocycles. The number of halogens is 1. The Morgan fingerprint density at radius 2 is 1.86 bits per heavy atom. The molecule has 0 aliphatic heterocycles. The van der Waals surface area contributed by atoms with Gasteiger partial charge in [-0.15, -0.1) is 0 Å². The standard InChI is InChI=1S/C11H16FNO/c1-11(2,12)7-8-14-10-5-3-9(13)4-6-10/h3-6H,7-8,13H2,1-2H3. The molecule has 0 atom stereocenters. The molecule has 0 spiro atoms. The van der Waals surface area contributed by atoms with Crippen molar-refractivity contribution in [2.75, 3.05) is 12.3 Å². The molecular formula is C11H16FNO. The van der Waals surface area contributed by atoms with Gasteiger partial charge in [-0.3, -0.25) is 0 Å². The van der Waals surface area contributed by atoms with Crippen LogP contribution in [0.25, 0.3) is 0 Å². The van der Waals surface area contributed by atoms with Crippen LogP contribution in [0.5, 0.6) is 5.75 Å². The minimum atomic E-state index is -1.17. The van der Waals surface area contributed by atoms with E-state index < -0.39 is 5.67 Å². The number of anilines is 1. The topological polar surface area (TPSA) is 35.2 Å². The van der Waals surface area contributed by atoms with Crippen LogP contribution in [0.2, 0.25) is 0 Å². The Morgan fingerprint density at radius 3 is 2.36 bits per heavy atom. The summed E-state index contributed by atoms with van der Waals surface area (Å²) in [6, 6.07) is 7.08. The quantitative estimate of drug-likeness (QED) is 0.753. The van der Waals surface area contributed by atoms with Crippen LogP contribution in [-0.2, 0) is 0 Å². The van der Waals surface area contributed by atoms with Gasteiger partial charge >= 0.3 is 0 Å². The highest BCUT2D eigenvalue weighted by molar-refractivity contribution is 5.41. The minimum absolute atomic E-state index is 0.382. The van der Waals surface area contributed by atoms with Gasteiger partial charge in [-0.1, -0.05) is 0 Å². The van der Waals surface area contributed by atoms with E-state index in [1.54, 1.807) is 38.1 Å². The second-order valence-corrected chi connectivity index (χ2v) is 3.89. The zero-order valence-electron chi connectivity index (χ0n) is 8.59. The van der Waals surface area contributed by atoms with Crippen molar-refractivity contribution in [3.8, 4) is 5.75 Å². The highest BCUT2D eigenvalue weighted by Gasteiger charge is 2.14. The highest BCUT2D eigenvalue weighted by Crippen LogP contribution is 2.17. The lowest BCUT2D eigenvalue weighted by atomic mass is 10.1. The van der Waals surface area contributed by atoms with Crippen molar-refractivity contribution in [2.24, 2.45) is 0 Å². The maximum atomic E-state index is 13.1. The van der Waals surface area contributed by atoms with E-state index in [-0.39, 0.29) is 0 Å². The van der Waals surface area contributed by atoms with Gasteiger partial charge in [0, 0.05) is 12.1 Å². The molecule has 3 heteroatoms. The van der Waals surface area contributed by atoms with Crippen molar-refractivity contribution in [2.45, 2.75) is 25.9 Å². The average molecular weight is 197 g/mol. The summed E-state index contributed by atoms with van der Waals surface area (Å²) in [6.07, 6.45) is 0.386. The zero-order valence-corrected chi connectivity index (χ0v) is 8.59. The maximum absolute atomic E-state index is 13.1. The number of alkyl halides is 1. The van der Waals surface area contributed by atoms with Crippen LogP contribution in [0.3, 0.4) is 0 Å². The van der Waals surface area contributed by atoms with Gasteiger partial charge in [-0.2, -0.15) is 0 Å². The molecule has 1 aromatic carbocycles. The first kappa shape index (κ1) is 10.8. The highest BCUT2D eigenvalue weighted by atomic mass is 19.1. The monoisotopic (exact) mass is 197 g/mol. The van der Waals surface area contributed by atoms with E-state index >= 15 is 0 Å². The molecule has 0 aliphatic carbocycles. The van der Waals surface area contributed by atoms with Crippen LogP contribution < -0.4 is 10.5 Å². The van der Waals surface area contributed by atoms with E-state index in [2.05, 4.69) is 0 Å². The van der Waals surface area contributed by atoms with Crippen molar-refractivity contribution >= 4 is 5.69 Å². The molecule has 1 rings (SSSR count). The Balaban J connectivity index is 2.35. The van der Waals surface area contributed by atoms with E-state index in [0.29, 0.717) is 18.7 Å². The van der Waals surface area contributed by atoms with E-state index in [0.717, 1.165) is 5.75 Å². The fraction of sp³-hybridized carbons (Fsp3) is 0.455. The normalized spacial score (nSPS) is 11.4. The molecule has 78 valence electrons. The summed E-state index contributed by atoms with van der Waals surface area (Å²) in [5.74, 6) is 0.725. The molecule has 0 saturated heterocycles. The molecule has 0 aromatic heterocycles. The molecule has 0 unspecified atom stereocenters. The Hall–Kier alpha value is -1.25. The van der Waals surface area contributed by atoms with E-state index in [9.17, 15) is 4.39 Å². The molecule has 0 fully saturated rings. The summed E-state index contributed by atoms with van der Waals surface area (Å²) in [7, 11) is 0. The van der Waals surface area contributed by atoms with Gasteiger partial charge in [0.2, 0.25) is 0 Å². The summed E-state index contributed by atoms with van der Waals surface area (Å²) >= 11 is 0. The van der Waals surface area contributed by atoms with Crippen molar-refractivity contribution in [1.82, 2.24) is 0 Å². The van der Waals surface area contributed by atoms with Gasteiger partial charge in [-0.05, 0) is 38.1 Å². The molecule has 1 aromatic rings. The van der Waals surface area contributed by atoms with E-state index in [1.807, 2.05) is 0 Å². The summed E-state index contributed by atoms with van der Waals surface area (Å²) in [4.78, 5) is 0. The molecule has 2 N–H and O–H groups in total. The van der Waals surface area contributed by atoms with Gasteiger partial charge in [0.05, 0.1) is 6.61 Å². The summed E-state index contributed by atoms with van der Waals surface area (Å²) in [5.41, 5.74) is 5.03. The Morgan fingerprint density at radius 1 is 1.29 bits per heavy atom. The van der Waals surface area contributed by atoms with E-state index in [1.165, 1.54) is 0 Å². The van der Waals surface area contributed by atoms with Gasteiger partial charge < -0.3 is 10.5 Å². The third kappa shape index (κ3) is 4.12. The van der Waals surface area contributed by atoms with E-state index in [4.69, 9.17) is 10.5 Å². The smallest absolute Gasteiger partial charge is 0.119 e. The fourth-order valence-corrected chi connectivity index (χ4v) is 0.976. The van der Waals surface area contributed by atoms with Crippen LogP contribution in [0.15, 0.2) is 24.3 Å². The lowest BCUT2D eigenvalue weighted by Crippen LogP contribution is -2.16. The Labute approximate surface area is 83.9 Å². The maximum Gasteiger partial charge on any atom is 0.119 e. The Bertz CT molecular complexity index is 276. The minimum Gasteiger partial charge on any atom is -0.493 e. The first-order valence-electron chi connectivity index (χ1n) is 4.65. The Kier molecular flexibility index (Phi) is 3.33. The number of ether oxygens (including phenoxy) is 1. The van der Waals surface area contributed by atoms with Crippen molar-refractivity contribution < 1.29 is 9.13 Å². The third-order valence-electron chi connectivity index (χ3n) is 1.85. The fourth-order valence-electron chi connectivity index (χ4n) is 0.976. The first-order chi connectivity index (χ1) is 6.47. The number of nitrogen functional groups attached to an aromatic ring is 1. The first-order valence-corrected chi connectivity index (χ1v) is 4.65. The van der Waals surface area contributed by atoms with Gasteiger partial charge in [0.25, 0.3) is 0 Å². The molecule has 0 radical (unpaired) electrons. The SMILES string of the molecule is CC(C)(F)CCOc1ccc(N)cc1. The van der Waals surface area contributed by atoms with Crippen molar-refractivity contribution in [3.05, 3.63) is 24.3 Å². The molecule has 0 aliphatic rings. The summed E-state index contributed by atoms with van der Waals surface area (Å²) < 4.78 is 18.4. The van der Waals surface area contributed by atoms with Gasteiger partial charge in [-0.25, -0.2) is 4.39 Å². The number of rotatable bonds is 4. The predicted molar refractivity (Wildman–Crippen MR) is 56.2 cm³/mol. The summed E-state index contributed by atoms with van der Waals surface area (Å²) in [5, 5.41) is 0. The van der Waals surface area contributed by atoms with Crippen molar-refractivity contribution in [3.63, 3.8) is 0 Å². The van der Waals surface area contributed by atoms with Gasteiger partial charge in [0.15, 0.2) is 0 Å². The lowest BCUT2D eigenvalue weighted by Gasteiger charge is -2.14. The second kappa shape index (κ2) is 4.31. The number of hydrogen-bond donors (Lipinski definition) is 1. The molecular weight excluding hydrogens is 181 g/mol. The number of benzene rings is 1. The molecule has 0 amide bonds. The van der Waals surface area contributed by atoms with Gasteiger partial charge in [0.1, 0.15) is 11.4 Å². The average Bonchev–Trinajstić information content (AvgIpc) is 2.06. The van der Waals surface area contributed by atoms with Crippen LogP contribution in [0.1, 0.15) is 20.3 Å². The van der Waals surface area contributed by atoms with Crippen molar-refractivity contribution in [1.29, 1.82) is 0 Å². The molecule has 2 nitrogen and oxygen atoms in total. The summed E-state index contributed by atoms with van der Waals surface area (Å²) in [6.45, 7) is 3.46. The van der Waals surface area contributed by atoms with Crippen LogP contribution in [0, 0.1) is 0 Å². The molecule has 0 bridgehead atoms. The molecule has 0 saturated carbocycles. The van der Waals surface area contributed by atoms with Crippen LogP contribution >= 0.6 is 0 Å².